The zero-order valence-electron chi connectivity index (χ0n) is 25.6. The third-order valence-corrected chi connectivity index (χ3v) is 9.85. The maximum atomic E-state index is 14.3. The van der Waals surface area contributed by atoms with Gasteiger partial charge in [0.2, 0.25) is 11.8 Å². The molecule has 4 rings (SSSR count). The lowest BCUT2D eigenvalue weighted by Crippen LogP contribution is -2.54. The summed E-state index contributed by atoms with van der Waals surface area (Å²) >= 11 is 0. The first kappa shape index (κ1) is 32.1. The lowest BCUT2D eigenvalue weighted by molar-refractivity contribution is -0.140. The number of carbonyl (C=O) groups excluding carboxylic acids is 2. The fraction of sp³-hybridized carbons (Fsp3) is 0.412. The fourth-order valence-electron chi connectivity index (χ4n) is 5.47. The van der Waals surface area contributed by atoms with Crippen LogP contribution in [0.2, 0.25) is 0 Å². The summed E-state index contributed by atoms with van der Waals surface area (Å²) in [4.78, 5) is 29.5. The lowest BCUT2D eigenvalue weighted by Gasteiger charge is -2.34. The highest BCUT2D eigenvalue weighted by Gasteiger charge is 2.34. The van der Waals surface area contributed by atoms with E-state index in [2.05, 4.69) is 5.32 Å². The first-order valence-corrected chi connectivity index (χ1v) is 16.4. The molecule has 1 aliphatic rings. The Morgan fingerprint density at radius 2 is 1.47 bits per heavy atom. The van der Waals surface area contributed by atoms with E-state index in [-0.39, 0.29) is 23.4 Å². The molecule has 0 saturated heterocycles. The van der Waals surface area contributed by atoms with Crippen molar-refractivity contribution in [3.05, 3.63) is 89.5 Å². The second-order valence-corrected chi connectivity index (χ2v) is 13.2. The van der Waals surface area contributed by atoms with Gasteiger partial charge in [-0.1, -0.05) is 73.7 Å². The summed E-state index contributed by atoms with van der Waals surface area (Å²) in [6.07, 6.45) is 5.53. The number of nitrogens with zero attached hydrogens (tertiary/aromatic N) is 2. The van der Waals surface area contributed by atoms with Crippen molar-refractivity contribution < 1.29 is 22.7 Å². The van der Waals surface area contributed by atoms with E-state index in [0.717, 1.165) is 53.1 Å². The summed E-state index contributed by atoms with van der Waals surface area (Å²) in [5.41, 5.74) is 3.08. The predicted molar refractivity (Wildman–Crippen MR) is 170 cm³/mol. The Morgan fingerprint density at radius 1 is 0.884 bits per heavy atom. The van der Waals surface area contributed by atoms with Crippen molar-refractivity contribution in [2.45, 2.75) is 82.8 Å². The standard InChI is InChI=1S/C34H43N3O5S/c1-5-32(34(39)35-28-9-7-6-8-10-28)36(23-27-15-19-30(42-4)20-16-27)33(38)24-37(29-17-11-25(2)12-18-29)43(40,41)31-21-13-26(3)14-22-31/h11-22,28,32H,5-10,23-24H2,1-4H3,(H,35,39). The van der Waals surface area contributed by atoms with Gasteiger partial charge in [0, 0.05) is 12.6 Å². The molecule has 3 aromatic carbocycles. The maximum absolute atomic E-state index is 14.3. The molecule has 1 saturated carbocycles. The van der Waals surface area contributed by atoms with Crippen LogP contribution in [-0.4, -0.2) is 50.9 Å². The summed E-state index contributed by atoms with van der Waals surface area (Å²) in [5.74, 6) is 0.00992. The molecule has 1 aliphatic carbocycles. The highest BCUT2D eigenvalue weighted by Crippen LogP contribution is 2.26. The van der Waals surface area contributed by atoms with Crippen LogP contribution in [0.15, 0.2) is 77.7 Å². The summed E-state index contributed by atoms with van der Waals surface area (Å²) in [5, 5.41) is 3.18. The SMILES string of the molecule is CCC(C(=O)NC1CCCCC1)N(Cc1ccc(OC)cc1)C(=O)CN(c1ccc(C)cc1)S(=O)(=O)c1ccc(C)cc1. The Hall–Kier alpha value is -3.85. The van der Waals surface area contributed by atoms with Gasteiger partial charge in [-0.25, -0.2) is 8.42 Å². The van der Waals surface area contributed by atoms with E-state index in [1.807, 2.05) is 57.2 Å². The highest BCUT2D eigenvalue weighted by molar-refractivity contribution is 7.92. The van der Waals surface area contributed by atoms with Gasteiger partial charge in [0.15, 0.2) is 0 Å². The molecular weight excluding hydrogens is 562 g/mol. The Bertz CT molecular complexity index is 1470. The van der Waals surface area contributed by atoms with Gasteiger partial charge in [0.05, 0.1) is 17.7 Å². The number of anilines is 1. The summed E-state index contributed by atoms with van der Waals surface area (Å²) in [6.45, 7) is 5.37. The third-order valence-electron chi connectivity index (χ3n) is 8.06. The van der Waals surface area contributed by atoms with E-state index in [1.165, 1.54) is 4.90 Å². The minimum atomic E-state index is -4.10. The van der Waals surface area contributed by atoms with Crippen LogP contribution in [0.3, 0.4) is 0 Å². The molecule has 1 N–H and O–H groups in total. The van der Waals surface area contributed by atoms with Crippen molar-refractivity contribution in [2.24, 2.45) is 0 Å². The Kier molecular flexibility index (Phi) is 10.9. The van der Waals surface area contributed by atoms with Gasteiger partial charge >= 0.3 is 0 Å². The number of methoxy groups -OCH3 is 1. The summed E-state index contributed by atoms with van der Waals surface area (Å²) < 4.78 is 34.5. The molecule has 9 heteroatoms. The number of hydrogen-bond donors (Lipinski definition) is 1. The van der Waals surface area contributed by atoms with Gasteiger partial charge < -0.3 is 15.0 Å². The van der Waals surface area contributed by atoms with Crippen molar-refractivity contribution in [3.8, 4) is 5.75 Å². The molecule has 8 nitrogen and oxygen atoms in total. The number of carbonyl (C=O) groups is 2. The normalized spacial score (nSPS) is 14.5. The van der Waals surface area contributed by atoms with E-state index in [0.29, 0.717) is 17.9 Å². The molecule has 0 aliphatic heterocycles. The van der Waals surface area contributed by atoms with Gasteiger partial charge in [0.1, 0.15) is 18.3 Å². The van der Waals surface area contributed by atoms with Gasteiger partial charge in [-0.3, -0.25) is 13.9 Å². The zero-order valence-corrected chi connectivity index (χ0v) is 26.4. The second kappa shape index (κ2) is 14.6. The number of amides is 2. The van der Waals surface area contributed by atoms with Crippen LogP contribution >= 0.6 is 0 Å². The number of nitrogens with one attached hydrogen (secondary N) is 1. The Morgan fingerprint density at radius 3 is 2.02 bits per heavy atom. The largest absolute Gasteiger partial charge is 0.497 e. The van der Waals surface area contributed by atoms with Crippen LogP contribution in [-0.2, 0) is 26.2 Å². The van der Waals surface area contributed by atoms with E-state index >= 15 is 0 Å². The topological polar surface area (TPSA) is 96.0 Å². The smallest absolute Gasteiger partial charge is 0.264 e. The number of aryl methyl sites for hydroxylation is 2. The molecular formula is C34H43N3O5S. The monoisotopic (exact) mass is 605 g/mol. The minimum Gasteiger partial charge on any atom is -0.497 e. The molecule has 1 fully saturated rings. The number of ether oxygens (including phenoxy) is 1. The van der Waals surface area contributed by atoms with E-state index < -0.39 is 28.5 Å². The van der Waals surface area contributed by atoms with Crippen molar-refractivity contribution in [2.75, 3.05) is 18.0 Å². The van der Waals surface area contributed by atoms with Crippen LogP contribution in [0, 0.1) is 13.8 Å². The van der Waals surface area contributed by atoms with E-state index in [9.17, 15) is 18.0 Å². The number of benzene rings is 3. The minimum absolute atomic E-state index is 0.0826. The summed E-state index contributed by atoms with van der Waals surface area (Å²) in [6, 6.07) is 20.3. The molecule has 43 heavy (non-hydrogen) atoms. The molecule has 0 aromatic heterocycles. The first-order chi connectivity index (χ1) is 20.6. The van der Waals surface area contributed by atoms with Gasteiger partial charge in [-0.15, -0.1) is 0 Å². The van der Waals surface area contributed by atoms with Crippen LogP contribution in [0.25, 0.3) is 0 Å². The van der Waals surface area contributed by atoms with E-state index in [1.54, 1.807) is 43.5 Å². The zero-order chi connectivity index (χ0) is 31.0. The van der Waals surface area contributed by atoms with Crippen LogP contribution in [0.4, 0.5) is 5.69 Å². The van der Waals surface area contributed by atoms with E-state index in [4.69, 9.17) is 4.74 Å². The van der Waals surface area contributed by atoms with Crippen LogP contribution in [0.1, 0.15) is 62.1 Å². The molecule has 0 radical (unpaired) electrons. The fourth-order valence-corrected chi connectivity index (χ4v) is 6.88. The van der Waals surface area contributed by atoms with Gasteiger partial charge in [-0.2, -0.15) is 0 Å². The maximum Gasteiger partial charge on any atom is 0.264 e. The van der Waals surface area contributed by atoms with Crippen LogP contribution < -0.4 is 14.4 Å². The quantitative estimate of drug-likeness (QED) is 0.283. The first-order valence-electron chi connectivity index (χ1n) is 15.0. The van der Waals surface area contributed by atoms with Crippen molar-refractivity contribution >= 4 is 27.5 Å². The Labute approximate surface area is 256 Å². The summed E-state index contributed by atoms with van der Waals surface area (Å²) in [7, 11) is -2.52. The lowest BCUT2D eigenvalue weighted by atomic mass is 9.95. The molecule has 1 unspecified atom stereocenters. The molecule has 0 spiro atoms. The second-order valence-electron chi connectivity index (χ2n) is 11.3. The average molecular weight is 606 g/mol. The van der Waals surface area contributed by atoms with Crippen molar-refractivity contribution in [1.29, 1.82) is 0 Å². The van der Waals surface area contributed by atoms with Crippen molar-refractivity contribution in [1.82, 2.24) is 10.2 Å². The highest BCUT2D eigenvalue weighted by atomic mass is 32.2. The van der Waals surface area contributed by atoms with Gasteiger partial charge in [0.25, 0.3) is 10.0 Å². The molecule has 0 heterocycles. The molecule has 3 aromatic rings. The predicted octanol–water partition coefficient (Wildman–Crippen LogP) is 5.76. The molecule has 1 atom stereocenters. The number of rotatable bonds is 12. The number of hydrogen-bond acceptors (Lipinski definition) is 5. The van der Waals surface area contributed by atoms with Gasteiger partial charge in [-0.05, 0) is 75.1 Å². The average Bonchev–Trinajstić information content (AvgIpc) is 3.01. The third kappa shape index (κ3) is 8.16. The molecule has 0 bridgehead atoms. The Balaban J connectivity index is 1.70. The van der Waals surface area contributed by atoms with Crippen LogP contribution in [0.5, 0.6) is 5.75 Å². The number of sulfonamides is 1. The molecule has 230 valence electrons. The van der Waals surface area contributed by atoms with Crippen molar-refractivity contribution in [3.63, 3.8) is 0 Å². The molecule has 2 amide bonds.